The summed E-state index contributed by atoms with van der Waals surface area (Å²) in [4.78, 5) is 21.4. The summed E-state index contributed by atoms with van der Waals surface area (Å²) < 4.78 is 12.5. The van der Waals surface area contributed by atoms with Gasteiger partial charge >= 0.3 is 0 Å². The summed E-state index contributed by atoms with van der Waals surface area (Å²) in [5.74, 6) is 1.82. The van der Waals surface area contributed by atoms with Crippen LogP contribution in [0.15, 0.2) is 94.8 Å². The minimum Gasteiger partial charge on any atom is -0.493 e. The largest absolute Gasteiger partial charge is 0.493 e. The molecular weight excluding hydrogens is 705 g/mol. The monoisotopic (exact) mass is 741 g/mol. The quantitative estimate of drug-likeness (QED) is 0.145. The lowest BCUT2D eigenvalue weighted by atomic mass is 9.76. The number of aliphatic imine (C=N–C) groups is 1. The van der Waals surface area contributed by atoms with Gasteiger partial charge in [0.15, 0.2) is 16.7 Å². The van der Waals surface area contributed by atoms with Crippen LogP contribution < -0.4 is 19.7 Å². The van der Waals surface area contributed by atoms with Crippen LogP contribution in [0.4, 0.5) is 11.4 Å². The molecule has 0 unspecified atom stereocenters. The first-order valence-corrected chi connectivity index (χ1v) is 17.7. The topological polar surface area (TPSA) is 63.2 Å². The predicted octanol–water partition coefficient (Wildman–Crippen LogP) is 8.86. The van der Waals surface area contributed by atoms with Crippen molar-refractivity contribution < 1.29 is 14.3 Å². The van der Waals surface area contributed by atoms with E-state index in [-0.39, 0.29) is 5.91 Å². The van der Waals surface area contributed by atoms with Crippen LogP contribution in [0.2, 0.25) is 0 Å². The van der Waals surface area contributed by atoms with Gasteiger partial charge in [0.1, 0.15) is 0 Å². The second-order valence-electron chi connectivity index (χ2n) is 11.8. The van der Waals surface area contributed by atoms with Crippen molar-refractivity contribution in [1.29, 1.82) is 0 Å². The number of benzene rings is 4. The van der Waals surface area contributed by atoms with E-state index in [1.165, 1.54) is 39.7 Å². The molecule has 0 spiro atoms. The molecule has 1 fully saturated rings. The lowest BCUT2D eigenvalue weighted by Gasteiger charge is -2.43. The standard InChI is InChI=1S/C38H36IN3O3S/c1-3-18-45-36-32(39)19-24(20-33(36)44-2)21-34-37(43)41-38(46-34)40-27-22-30-28(25-10-6-4-7-11-25)14-16-42-17-15-29(31(23-27)35(30)42)26-12-8-5-9-13-26/h4-13,19-23,28-29H,3,14-18H2,1-2H3,(H,40,41,43)/b34-21-/t28-,29-/m0/s1. The molecule has 0 aliphatic carbocycles. The molecule has 4 aromatic carbocycles. The molecular formula is C38H36IN3O3S. The van der Waals surface area contributed by atoms with Gasteiger partial charge in [0.05, 0.1) is 27.9 Å². The van der Waals surface area contributed by atoms with Crippen molar-refractivity contribution in [2.24, 2.45) is 4.99 Å². The van der Waals surface area contributed by atoms with E-state index in [1.54, 1.807) is 7.11 Å². The van der Waals surface area contributed by atoms with Crippen LogP contribution in [-0.2, 0) is 4.79 Å². The van der Waals surface area contributed by atoms with E-state index in [9.17, 15) is 4.79 Å². The van der Waals surface area contributed by atoms with E-state index in [0.29, 0.717) is 34.3 Å². The smallest absolute Gasteiger partial charge is 0.264 e. The predicted molar refractivity (Wildman–Crippen MR) is 197 cm³/mol. The molecule has 8 heteroatoms. The SMILES string of the molecule is CCCOc1c(I)cc(/C=C2\SC(=Nc3cc4c5c(c3)[C@H](c3ccccc3)CCN5CC[C@H]4c3ccccc3)NC2=O)cc1OC. The number of amides is 1. The van der Waals surface area contributed by atoms with Gasteiger partial charge in [-0.2, -0.15) is 0 Å². The van der Waals surface area contributed by atoms with Crippen LogP contribution in [0, 0.1) is 3.57 Å². The van der Waals surface area contributed by atoms with Gasteiger partial charge in [0.25, 0.3) is 5.91 Å². The fourth-order valence-electron chi connectivity index (χ4n) is 6.82. The van der Waals surface area contributed by atoms with Crippen LogP contribution in [0.25, 0.3) is 6.08 Å². The summed E-state index contributed by atoms with van der Waals surface area (Å²) in [5.41, 5.74) is 8.43. The third kappa shape index (κ3) is 6.17. The number of thioether (sulfide) groups is 1. The van der Waals surface area contributed by atoms with E-state index < -0.39 is 0 Å². The van der Waals surface area contributed by atoms with Crippen LogP contribution >= 0.6 is 34.4 Å². The van der Waals surface area contributed by atoms with Crippen molar-refractivity contribution in [3.63, 3.8) is 0 Å². The lowest BCUT2D eigenvalue weighted by molar-refractivity contribution is -0.115. The molecule has 1 saturated heterocycles. The second kappa shape index (κ2) is 13.5. The van der Waals surface area contributed by atoms with Crippen molar-refractivity contribution >= 4 is 62.9 Å². The molecule has 4 aromatic rings. The molecule has 0 bridgehead atoms. The summed E-state index contributed by atoms with van der Waals surface area (Å²) in [5, 5.41) is 3.61. The van der Waals surface area contributed by atoms with Gasteiger partial charge in [0.2, 0.25) is 0 Å². The Balaban J connectivity index is 1.26. The van der Waals surface area contributed by atoms with Gasteiger partial charge in [-0.1, -0.05) is 67.6 Å². The zero-order valence-corrected chi connectivity index (χ0v) is 28.9. The Labute approximate surface area is 288 Å². The van der Waals surface area contributed by atoms with Gasteiger partial charge in [-0.3, -0.25) is 4.79 Å². The van der Waals surface area contributed by atoms with Crippen LogP contribution in [-0.4, -0.2) is 37.9 Å². The Morgan fingerprint density at radius 2 is 1.59 bits per heavy atom. The Hall–Kier alpha value is -3.76. The van der Waals surface area contributed by atoms with Crippen molar-refractivity contribution in [1.82, 2.24) is 5.32 Å². The first-order valence-electron chi connectivity index (χ1n) is 15.8. The molecule has 0 saturated carbocycles. The Morgan fingerprint density at radius 3 is 2.17 bits per heavy atom. The molecule has 3 aliphatic heterocycles. The summed E-state index contributed by atoms with van der Waals surface area (Å²) in [6.07, 6.45) is 4.93. The summed E-state index contributed by atoms with van der Waals surface area (Å²) >= 11 is 3.63. The summed E-state index contributed by atoms with van der Waals surface area (Å²) in [6.45, 7) is 4.78. The van der Waals surface area contributed by atoms with Gasteiger partial charge < -0.3 is 19.7 Å². The number of carbonyl (C=O) groups excluding carboxylic acids is 1. The fraction of sp³-hybridized carbons (Fsp3) is 0.263. The molecule has 0 radical (unpaired) electrons. The number of amidine groups is 1. The molecule has 0 aromatic heterocycles. The highest BCUT2D eigenvalue weighted by molar-refractivity contribution is 14.1. The van der Waals surface area contributed by atoms with Gasteiger partial charge in [-0.25, -0.2) is 4.99 Å². The zero-order chi connectivity index (χ0) is 31.6. The second-order valence-corrected chi connectivity index (χ2v) is 14.0. The number of rotatable bonds is 8. The van der Waals surface area contributed by atoms with Crippen LogP contribution in [0.1, 0.15) is 65.8 Å². The molecule has 3 heterocycles. The molecule has 1 amide bonds. The number of anilines is 1. The van der Waals surface area contributed by atoms with Gasteiger partial charge in [-0.15, -0.1) is 0 Å². The van der Waals surface area contributed by atoms with Crippen LogP contribution in [0.3, 0.4) is 0 Å². The molecule has 46 heavy (non-hydrogen) atoms. The highest BCUT2D eigenvalue weighted by Gasteiger charge is 2.35. The van der Waals surface area contributed by atoms with Crippen molar-refractivity contribution in [3.05, 3.63) is 121 Å². The number of carbonyl (C=O) groups is 1. The molecule has 6 nitrogen and oxygen atoms in total. The third-order valence-corrected chi connectivity index (χ3v) is 10.6. The minimum absolute atomic E-state index is 0.154. The fourth-order valence-corrected chi connectivity index (χ4v) is 8.44. The molecule has 1 N–H and O–H groups in total. The first kappa shape index (κ1) is 30.9. The molecule has 2 atom stereocenters. The zero-order valence-electron chi connectivity index (χ0n) is 26.0. The minimum atomic E-state index is -0.154. The lowest BCUT2D eigenvalue weighted by Crippen LogP contribution is -2.37. The number of hydrogen-bond acceptors (Lipinski definition) is 6. The maximum atomic E-state index is 13.2. The third-order valence-electron chi connectivity index (χ3n) is 8.88. The van der Waals surface area contributed by atoms with E-state index in [0.717, 1.165) is 52.9 Å². The number of halogens is 1. The first-order chi connectivity index (χ1) is 22.5. The maximum absolute atomic E-state index is 13.2. The molecule has 3 aliphatic rings. The van der Waals surface area contributed by atoms with Crippen molar-refractivity contribution in [2.45, 2.75) is 38.0 Å². The Morgan fingerprint density at radius 1 is 0.957 bits per heavy atom. The molecule has 7 rings (SSSR count). The summed E-state index contributed by atoms with van der Waals surface area (Å²) in [6, 6.07) is 30.1. The van der Waals surface area contributed by atoms with Gasteiger partial charge in [0, 0.05) is 30.6 Å². The van der Waals surface area contributed by atoms with Crippen molar-refractivity contribution in [2.75, 3.05) is 31.7 Å². The number of hydrogen-bond donors (Lipinski definition) is 1. The number of ether oxygens (including phenoxy) is 2. The Bertz CT molecular complexity index is 1750. The normalized spacial score (nSPS) is 20.5. The summed E-state index contributed by atoms with van der Waals surface area (Å²) in [7, 11) is 1.64. The average Bonchev–Trinajstić information content (AvgIpc) is 3.42. The highest BCUT2D eigenvalue weighted by atomic mass is 127. The van der Waals surface area contributed by atoms with Crippen molar-refractivity contribution in [3.8, 4) is 11.5 Å². The van der Waals surface area contributed by atoms with Crippen LogP contribution in [0.5, 0.6) is 11.5 Å². The maximum Gasteiger partial charge on any atom is 0.264 e. The number of nitrogens with one attached hydrogen (secondary N) is 1. The van der Waals surface area contributed by atoms with Gasteiger partial charge in [-0.05, 0) is 112 Å². The van der Waals surface area contributed by atoms with E-state index in [2.05, 4.69) is 113 Å². The van der Waals surface area contributed by atoms with E-state index in [4.69, 9.17) is 14.5 Å². The van der Waals surface area contributed by atoms with E-state index in [1.807, 2.05) is 18.2 Å². The molecule has 234 valence electrons. The highest BCUT2D eigenvalue weighted by Crippen LogP contribution is 2.50. The number of methoxy groups -OCH3 is 1. The average molecular weight is 742 g/mol. The van der Waals surface area contributed by atoms with E-state index >= 15 is 0 Å². The number of nitrogens with zero attached hydrogens (tertiary/aromatic N) is 2. The Kier molecular flexibility index (Phi) is 9.08.